The summed E-state index contributed by atoms with van der Waals surface area (Å²) >= 11 is 0. The number of nitrogens with zero attached hydrogens (tertiary/aromatic N) is 1. The van der Waals surface area contributed by atoms with Gasteiger partial charge in [0.05, 0.1) is 24.6 Å². The van der Waals surface area contributed by atoms with Crippen molar-refractivity contribution in [2.45, 2.75) is 46.1 Å². The molecule has 3 nitrogen and oxygen atoms in total. The number of H-pyrrole nitrogens is 1. The molecule has 0 bridgehead atoms. The maximum atomic E-state index is 13.6. The normalized spacial score (nSPS) is 12.4. The average molecular weight is 200 g/mol. The molecule has 14 heavy (non-hydrogen) atoms. The molecule has 80 valence electrons. The topological polar surface area (TPSA) is 37.9 Å². The minimum atomic E-state index is -1.37. The van der Waals surface area contributed by atoms with Crippen molar-refractivity contribution in [1.82, 2.24) is 10.2 Å². The van der Waals surface area contributed by atoms with E-state index < -0.39 is 5.67 Å². The van der Waals surface area contributed by atoms with E-state index in [2.05, 4.69) is 10.2 Å². The third-order valence-electron chi connectivity index (χ3n) is 1.92. The second-order valence-electron chi connectivity index (χ2n) is 4.09. The smallest absolute Gasteiger partial charge is 0.133 e. The Kier molecular flexibility index (Phi) is 3.26. The molecule has 1 heterocycles. The standard InChI is InChI=1S/C10H17FN2O/c1-7(2)14-6-9-8(5-12-13-9)10(3,4)11/h5,7H,6H2,1-4H3,(H,12,13). The number of nitrogens with one attached hydrogen (secondary N) is 1. The maximum absolute atomic E-state index is 13.6. The average Bonchev–Trinajstić information content (AvgIpc) is 2.46. The lowest BCUT2D eigenvalue weighted by Gasteiger charge is -2.15. The largest absolute Gasteiger partial charge is 0.373 e. The number of aromatic nitrogens is 2. The van der Waals surface area contributed by atoms with Crippen LogP contribution in [0.5, 0.6) is 0 Å². The van der Waals surface area contributed by atoms with Gasteiger partial charge in [-0.3, -0.25) is 5.10 Å². The lowest BCUT2D eigenvalue weighted by atomic mass is 10.0. The van der Waals surface area contributed by atoms with Gasteiger partial charge in [-0.05, 0) is 27.7 Å². The number of halogens is 1. The maximum Gasteiger partial charge on any atom is 0.133 e. The van der Waals surface area contributed by atoms with E-state index in [4.69, 9.17) is 4.74 Å². The molecule has 0 saturated heterocycles. The van der Waals surface area contributed by atoms with Gasteiger partial charge in [0.25, 0.3) is 0 Å². The molecule has 0 saturated carbocycles. The molecule has 1 aromatic rings. The number of aromatic amines is 1. The van der Waals surface area contributed by atoms with Crippen LogP contribution in [-0.4, -0.2) is 16.3 Å². The highest BCUT2D eigenvalue weighted by atomic mass is 19.1. The highest BCUT2D eigenvalue weighted by Crippen LogP contribution is 2.26. The van der Waals surface area contributed by atoms with Crippen LogP contribution >= 0.6 is 0 Å². The Labute approximate surface area is 83.7 Å². The first kappa shape index (κ1) is 11.2. The van der Waals surface area contributed by atoms with Crippen LogP contribution in [-0.2, 0) is 17.0 Å². The zero-order valence-corrected chi connectivity index (χ0v) is 9.10. The van der Waals surface area contributed by atoms with Gasteiger partial charge in [0.15, 0.2) is 0 Å². The lowest BCUT2D eigenvalue weighted by Crippen LogP contribution is -2.12. The van der Waals surface area contributed by atoms with Crippen LogP contribution in [0, 0.1) is 0 Å². The molecule has 1 rings (SSSR count). The Morgan fingerprint density at radius 1 is 1.57 bits per heavy atom. The van der Waals surface area contributed by atoms with Crippen molar-refractivity contribution in [3.63, 3.8) is 0 Å². The van der Waals surface area contributed by atoms with Gasteiger partial charge in [-0.2, -0.15) is 5.10 Å². The summed E-state index contributed by atoms with van der Waals surface area (Å²) in [4.78, 5) is 0. The number of hydrogen-bond donors (Lipinski definition) is 1. The van der Waals surface area contributed by atoms with Crippen LogP contribution in [0.3, 0.4) is 0 Å². The van der Waals surface area contributed by atoms with E-state index in [9.17, 15) is 4.39 Å². The molecule has 0 aliphatic heterocycles. The van der Waals surface area contributed by atoms with E-state index in [1.807, 2.05) is 13.8 Å². The monoisotopic (exact) mass is 200 g/mol. The van der Waals surface area contributed by atoms with Crippen molar-refractivity contribution in [3.05, 3.63) is 17.5 Å². The summed E-state index contributed by atoms with van der Waals surface area (Å²) in [6.07, 6.45) is 1.65. The van der Waals surface area contributed by atoms with E-state index >= 15 is 0 Å². The quantitative estimate of drug-likeness (QED) is 0.811. The second kappa shape index (κ2) is 4.09. The van der Waals surface area contributed by atoms with Gasteiger partial charge in [0.1, 0.15) is 5.67 Å². The molecule has 0 amide bonds. The molecule has 0 atom stereocenters. The van der Waals surface area contributed by atoms with Crippen molar-refractivity contribution >= 4 is 0 Å². The van der Waals surface area contributed by atoms with Crippen LogP contribution in [0.2, 0.25) is 0 Å². The molecular formula is C10H17FN2O. The molecule has 0 aliphatic carbocycles. The molecule has 4 heteroatoms. The van der Waals surface area contributed by atoms with E-state index in [-0.39, 0.29) is 6.10 Å². The summed E-state index contributed by atoms with van der Waals surface area (Å²) in [6.45, 7) is 7.28. The van der Waals surface area contributed by atoms with Crippen LogP contribution in [0.15, 0.2) is 6.20 Å². The number of alkyl halides is 1. The summed E-state index contributed by atoms with van der Waals surface area (Å²) in [5.74, 6) is 0. The molecular weight excluding hydrogens is 183 g/mol. The second-order valence-corrected chi connectivity index (χ2v) is 4.09. The Bertz CT molecular complexity index is 289. The summed E-state index contributed by atoms with van der Waals surface area (Å²) < 4.78 is 19.0. The minimum Gasteiger partial charge on any atom is -0.373 e. The van der Waals surface area contributed by atoms with Gasteiger partial charge in [-0.15, -0.1) is 0 Å². The molecule has 0 aliphatic rings. The number of rotatable bonds is 4. The van der Waals surface area contributed by atoms with Crippen molar-refractivity contribution in [1.29, 1.82) is 0 Å². The first-order chi connectivity index (χ1) is 6.41. The molecule has 0 aromatic carbocycles. The first-order valence-corrected chi connectivity index (χ1v) is 4.74. The molecule has 1 aromatic heterocycles. The Hall–Kier alpha value is -0.900. The van der Waals surface area contributed by atoms with Crippen LogP contribution in [0.25, 0.3) is 0 Å². The Balaban J connectivity index is 2.73. The summed E-state index contributed by atoms with van der Waals surface area (Å²) in [5.41, 5.74) is -0.0905. The lowest BCUT2D eigenvalue weighted by molar-refractivity contribution is 0.0613. The van der Waals surface area contributed by atoms with E-state index in [0.717, 1.165) is 0 Å². The SMILES string of the molecule is CC(C)OCc1[nH]ncc1C(C)(C)F. The third kappa shape index (κ3) is 2.80. The van der Waals surface area contributed by atoms with Crippen molar-refractivity contribution in [3.8, 4) is 0 Å². The van der Waals surface area contributed by atoms with Gasteiger partial charge >= 0.3 is 0 Å². The predicted molar refractivity (Wildman–Crippen MR) is 52.6 cm³/mol. The van der Waals surface area contributed by atoms with Crippen LogP contribution in [0.1, 0.15) is 39.0 Å². The summed E-state index contributed by atoms with van der Waals surface area (Å²) in [6, 6.07) is 0. The van der Waals surface area contributed by atoms with E-state index in [1.54, 1.807) is 0 Å². The third-order valence-corrected chi connectivity index (χ3v) is 1.92. The fraction of sp³-hybridized carbons (Fsp3) is 0.700. The molecule has 0 fully saturated rings. The fourth-order valence-electron chi connectivity index (χ4n) is 1.19. The summed E-state index contributed by atoms with van der Waals surface area (Å²) in [7, 11) is 0. The Morgan fingerprint density at radius 2 is 2.21 bits per heavy atom. The van der Waals surface area contributed by atoms with Gasteiger partial charge in [-0.25, -0.2) is 4.39 Å². The molecule has 1 N–H and O–H groups in total. The van der Waals surface area contributed by atoms with Crippen LogP contribution in [0.4, 0.5) is 4.39 Å². The van der Waals surface area contributed by atoms with E-state index in [0.29, 0.717) is 17.9 Å². The van der Waals surface area contributed by atoms with Gasteiger partial charge < -0.3 is 4.74 Å². The van der Waals surface area contributed by atoms with Crippen molar-refractivity contribution in [2.24, 2.45) is 0 Å². The first-order valence-electron chi connectivity index (χ1n) is 4.74. The Morgan fingerprint density at radius 3 is 2.71 bits per heavy atom. The highest BCUT2D eigenvalue weighted by Gasteiger charge is 2.24. The fourth-order valence-corrected chi connectivity index (χ4v) is 1.19. The zero-order valence-electron chi connectivity index (χ0n) is 9.10. The van der Waals surface area contributed by atoms with Crippen molar-refractivity contribution in [2.75, 3.05) is 0 Å². The van der Waals surface area contributed by atoms with Crippen molar-refractivity contribution < 1.29 is 9.13 Å². The van der Waals surface area contributed by atoms with Gasteiger partial charge in [0, 0.05) is 5.56 Å². The number of ether oxygens (including phenoxy) is 1. The predicted octanol–water partition coefficient (Wildman–Crippen LogP) is 2.54. The van der Waals surface area contributed by atoms with E-state index in [1.165, 1.54) is 20.0 Å². The van der Waals surface area contributed by atoms with Gasteiger partial charge in [0.2, 0.25) is 0 Å². The summed E-state index contributed by atoms with van der Waals surface area (Å²) in [5, 5.41) is 6.57. The number of hydrogen-bond acceptors (Lipinski definition) is 2. The van der Waals surface area contributed by atoms with Crippen LogP contribution < -0.4 is 0 Å². The minimum absolute atomic E-state index is 0.133. The highest BCUT2D eigenvalue weighted by molar-refractivity contribution is 5.22. The molecule has 0 radical (unpaired) electrons. The zero-order chi connectivity index (χ0) is 10.8. The van der Waals surface area contributed by atoms with Gasteiger partial charge in [-0.1, -0.05) is 0 Å². The molecule has 0 unspecified atom stereocenters. The molecule has 0 spiro atoms.